The van der Waals surface area contributed by atoms with Crippen LogP contribution in [0.5, 0.6) is 0 Å². The summed E-state index contributed by atoms with van der Waals surface area (Å²) in [6, 6.07) is 11.2. The van der Waals surface area contributed by atoms with Crippen LogP contribution in [0.4, 0.5) is 0 Å². The molecule has 0 fully saturated rings. The molecule has 3 rings (SSSR count). The van der Waals surface area contributed by atoms with E-state index in [2.05, 4.69) is 9.97 Å². The molecule has 0 aliphatic rings. The Bertz CT molecular complexity index is 1080. The van der Waals surface area contributed by atoms with Crippen LogP contribution in [0.1, 0.15) is 24.2 Å². The largest absolute Gasteiger partial charge is 0.322 e. The first-order chi connectivity index (χ1) is 11.8. The highest BCUT2D eigenvalue weighted by atomic mass is 32.2. The molecule has 0 radical (unpaired) electrons. The van der Waals surface area contributed by atoms with Crippen LogP contribution in [0.25, 0.3) is 10.9 Å². The van der Waals surface area contributed by atoms with Crippen LogP contribution < -0.4 is 5.56 Å². The third-order valence-corrected chi connectivity index (χ3v) is 6.28. The molecule has 1 unspecified atom stereocenters. The number of nitrogens with one attached hydrogen (secondary N) is 1. The van der Waals surface area contributed by atoms with Crippen molar-refractivity contribution in [2.24, 2.45) is 0 Å². The number of aromatic nitrogens is 2. The topological polar surface area (TPSA) is 83.1 Å². The van der Waals surface area contributed by atoms with Crippen molar-refractivity contribution in [2.45, 2.75) is 24.8 Å². The molecular weight excluding hydrogens is 338 g/mol. The number of H-pyrrole nitrogens is 1. The Kier molecular flexibility index (Phi) is 4.45. The van der Waals surface area contributed by atoms with E-state index in [0.29, 0.717) is 16.6 Å². The van der Waals surface area contributed by atoms with Gasteiger partial charge in [-0.15, -0.1) is 0 Å². The Balaban J connectivity index is 2.05. The summed E-state index contributed by atoms with van der Waals surface area (Å²) in [6.07, 6.45) is 1.64. The molecule has 2 aromatic heterocycles. The van der Waals surface area contributed by atoms with Crippen LogP contribution in [-0.2, 0) is 10.0 Å². The Morgan fingerprint density at radius 2 is 1.92 bits per heavy atom. The SMILES string of the molecule is Cc1cc(=O)[nH]c2ccc(S(=O)(=O)N(C)C(C)c3ccccn3)cc12. The van der Waals surface area contributed by atoms with Crippen LogP contribution in [0.3, 0.4) is 0 Å². The molecule has 3 aromatic rings. The molecule has 0 aliphatic heterocycles. The Labute approximate surface area is 146 Å². The highest BCUT2D eigenvalue weighted by molar-refractivity contribution is 7.89. The van der Waals surface area contributed by atoms with Gasteiger partial charge in [-0.2, -0.15) is 4.31 Å². The minimum absolute atomic E-state index is 0.181. The van der Waals surface area contributed by atoms with E-state index in [9.17, 15) is 13.2 Å². The van der Waals surface area contributed by atoms with Crippen molar-refractivity contribution in [1.29, 1.82) is 0 Å². The summed E-state index contributed by atoms with van der Waals surface area (Å²) in [5.41, 5.74) is 1.82. The molecule has 0 saturated heterocycles. The molecule has 1 N–H and O–H groups in total. The van der Waals surface area contributed by atoms with Gasteiger partial charge in [0.05, 0.1) is 16.6 Å². The maximum atomic E-state index is 13.0. The van der Waals surface area contributed by atoms with Gasteiger partial charge in [-0.3, -0.25) is 9.78 Å². The lowest BCUT2D eigenvalue weighted by atomic mass is 10.1. The van der Waals surface area contributed by atoms with Gasteiger partial charge in [-0.25, -0.2) is 8.42 Å². The minimum atomic E-state index is -3.70. The molecule has 2 heterocycles. The number of fused-ring (bicyclic) bond motifs is 1. The molecular formula is C18H19N3O3S. The summed E-state index contributed by atoms with van der Waals surface area (Å²) in [7, 11) is -2.16. The van der Waals surface area contributed by atoms with Crippen LogP contribution >= 0.6 is 0 Å². The van der Waals surface area contributed by atoms with E-state index >= 15 is 0 Å². The summed E-state index contributed by atoms with van der Waals surface area (Å²) in [5.74, 6) is 0. The van der Waals surface area contributed by atoms with Gasteiger partial charge in [0, 0.05) is 30.2 Å². The summed E-state index contributed by atoms with van der Waals surface area (Å²) in [6.45, 7) is 3.58. The first-order valence-electron chi connectivity index (χ1n) is 7.83. The van der Waals surface area contributed by atoms with Crippen molar-refractivity contribution in [3.63, 3.8) is 0 Å². The standard InChI is InChI=1S/C18H19N3O3S/c1-12-10-18(22)20-17-8-7-14(11-15(12)17)25(23,24)21(3)13(2)16-6-4-5-9-19-16/h4-11,13H,1-3H3,(H,20,22). The number of pyridine rings is 2. The van der Waals surface area contributed by atoms with E-state index in [-0.39, 0.29) is 10.5 Å². The maximum absolute atomic E-state index is 13.0. The second kappa shape index (κ2) is 6.42. The predicted octanol–water partition coefficient (Wildman–Crippen LogP) is 2.61. The molecule has 1 aromatic carbocycles. The van der Waals surface area contributed by atoms with Crippen LogP contribution in [0, 0.1) is 6.92 Å². The Morgan fingerprint density at radius 3 is 2.60 bits per heavy atom. The molecule has 0 spiro atoms. The van der Waals surface area contributed by atoms with E-state index in [1.807, 2.05) is 6.07 Å². The zero-order valence-electron chi connectivity index (χ0n) is 14.2. The van der Waals surface area contributed by atoms with Gasteiger partial charge in [0.2, 0.25) is 15.6 Å². The van der Waals surface area contributed by atoms with Crippen molar-refractivity contribution >= 4 is 20.9 Å². The second-order valence-corrected chi connectivity index (χ2v) is 7.97. The molecule has 7 heteroatoms. The fourth-order valence-electron chi connectivity index (χ4n) is 2.75. The number of sulfonamides is 1. The summed E-state index contributed by atoms with van der Waals surface area (Å²) in [5, 5.41) is 0.708. The molecule has 6 nitrogen and oxygen atoms in total. The fraction of sp³-hybridized carbons (Fsp3) is 0.222. The molecule has 1 atom stereocenters. The zero-order chi connectivity index (χ0) is 18.2. The number of benzene rings is 1. The van der Waals surface area contributed by atoms with Crippen molar-refractivity contribution in [1.82, 2.24) is 14.3 Å². The van der Waals surface area contributed by atoms with Gasteiger partial charge < -0.3 is 4.98 Å². The lowest BCUT2D eigenvalue weighted by Gasteiger charge is -2.24. The number of hydrogen-bond donors (Lipinski definition) is 1. The van der Waals surface area contributed by atoms with E-state index in [1.54, 1.807) is 51.4 Å². The zero-order valence-corrected chi connectivity index (χ0v) is 15.0. The first-order valence-corrected chi connectivity index (χ1v) is 9.27. The highest BCUT2D eigenvalue weighted by Crippen LogP contribution is 2.26. The van der Waals surface area contributed by atoms with Gasteiger partial charge in [-0.05, 0) is 49.7 Å². The lowest BCUT2D eigenvalue weighted by molar-refractivity contribution is 0.392. The average molecular weight is 357 g/mol. The molecule has 0 aliphatic carbocycles. The average Bonchev–Trinajstić information content (AvgIpc) is 2.60. The second-order valence-electron chi connectivity index (χ2n) is 5.98. The number of nitrogens with zero attached hydrogens (tertiary/aromatic N) is 2. The van der Waals surface area contributed by atoms with E-state index in [4.69, 9.17) is 0 Å². The quantitative estimate of drug-likeness (QED) is 0.778. The third kappa shape index (κ3) is 3.20. The smallest absolute Gasteiger partial charge is 0.248 e. The summed E-state index contributed by atoms with van der Waals surface area (Å²) < 4.78 is 27.3. The van der Waals surface area contributed by atoms with E-state index in [1.165, 1.54) is 16.4 Å². The van der Waals surface area contributed by atoms with Gasteiger partial charge in [0.25, 0.3) is 0 Å². The van der Waals surface area contributed by atoms with Crippen molar-refractivity contribution < 1.29 is 8.42 Å². The summed E-state index contributed by atoms with van der Waals surface area (Å²) >= 11 is 0. The number of aryl methyl sites for hydroxylation is 1. The molecule has 130 valence electrons. The fourth-order valence-corrected chi connectivity index (χ4v) is 4.11. The molecule has 0 bridgehead atoms. The summed E-state index contributed by atoms with van der Waals surface area (Å²) in [4.78, 5) is 18.7. The monoisotopic (exact) mass is 357 g/mol. The Hall–Kier alpha value is -2.51. The predicted molar refractivity (Wildman–Crippen MR) is 96.9 cm³/mol. The number of hydrogen-bond acceptors (Lipinski definition) is 4. The van der Waals surface area contributed by atoms with Gasteiger partial charge in [0.1, 0.15) is 0 Å². The van der Waals surface area contributed by atoms with Crippen LogP contribution in [0.2, 0.25) is 0 Å². The molecule has 25 heavy (non-hydrogen) atoms. The van der Waals surface area contributed by atoms with E-state index < -0.39 is 16.1 Å². The van der Waals surface area contributed by atoms with Gasteiger partial charge in [-0.1, -0.05) is 6.07 Å². The number of rotatable bonds is 4. The first kappa shape index (κ1) is 17.3. The van der Waals surface area contributed by atoms with Crippen LogP contribution in [0.15, 0.2) is 58.4 Å². The normalized spacial score (nSPS) is 13.3. The molecule has 0 amide bonds. The van der Waals surface area contributed by atoms with Gasteiger partial charge in [0.15, 0.2) is 0 Å². The third-order valence-electron chi connectivity index (χ3n) is 4.36. The van der Waals surface area contributed by atoms with Crippen LogP contribution in [-0.4, -0.2) is 29.7 Å². The minimum Gasteiger partial charge on any atom is -0.322 e. The number of aromatic amines is 1. The van der Waals surface area contributed by atoms with Crippen molar-refractivity contribution in [3.05, 3.63) is 70.3 Å². The van der Waals surface area contributed by atoms with Gasteiger partial charge >= 0.3 is 0 Å². The maximum Gasteiger partial charge on any atom is 0.248 e. The molecule has 0 saturated carbocycles. The van der Waals surface area contributed by atoms with Crippen molar-refractivity contribution in [3.8, 4) is 0 Å². The Morgan fingerprint density at radius 1 is 1.16 bits per heavy atom. The highest BCUT2D eigenvalue weighted by Gasteiger charge is 2.27. The van der Waals surface area contributed by atoms with Crippen molar-refractivity contribution in [2.75, 3.05) is 7.05 Å². The van der Waals surface area contributed by atoms with E-state index in [0.717, 1.165) is 5.56 Å². The lowest BCUT2D eigenvalue weighted by Crippen LogP contribution is -2.30.